The molecular weight excluding hydrogens is 457 g/mol. The van der Waals surface area contributed by atoms with Crippen LogP contribution >= 0.6 is 0 Å². The Labute approximate surface area is 184 Å². The van der Waals surface area contributed by atoms with Gasteiger partial charge in [0.15, 0.2) is 11.6 Å². The summed E-state index contributed by atoms with van der Waals surface area (Å²) in [5.74, 6) is -4.70. The van der Waals surface area contributed by atoms with Gasteiger partial charge in [-0.05, 0) is 24.3 Å². The summed E-state index contributed by atoms with van der Waals surface area (Å²) in [7, 11) is 2.20. The molecule has 2 atom stereocenters. The second-order valence-corrected chi connectivity index (χ2v) is 6.91. The molecular formula is C20H18F5N3O5. The van der Waals surface area contributed by atoms with Crippen molar-refractivity contribution in [2.24, 2.45) is 0 Å². The third kappa shape index (κ3) is 5.48. The molecule has 1 saturated heterocycles. The maximum absolute atomic E-state index is 14.2. The lowest BCUT2D eigenvalue weighted by Crippen LogP contribution is -2.40. The largest absolute Gasteiger partial charge is 0.522 e. The summed E-state index contributed by atoms with van der Waals surface area (Å²) in [6.07, 6.45) is -5.63. The molecule has 1 aliphatic rings. The highest BCUT2D eigenvalue weighted by Gasteiger charge is 2.44. The second kappa shape index (κ2) is 9.57. The average Bonchev–Trinajstić information content (AvgIpc) is 3.17. The van der Waals surface area contributed by atoms with E-state index in [1.54, 1.807) is 0 Å². The Balaban J connectivity index is 1.92. The predicted molar refractivity (Wildman–Crippen MR) is 104 cm³/mol. The summed E-state index contributed by atoms with van der Waals surface area (Å²) < 4.78 is 79.8. The first kappa shape index (κ1) is 24.2. The van der Waals surface area contributed by atoms with Crippen LogP contribution in [0.15, 0.2) is 30.5 Å². The molecule has 1 aromatic carbocycles. The van der Waals surface area contributed by atoms with Gasteiger partial charge in [-0.15, -0.1) is 13.2 Å². The maximum Gasteiger partial charge on any atom is 0.522 e. The Morgan fingerprint density at radius 3 is 2.55 bits per heavy atom. The zero-order valence-electron chi connectivity index (χ0n) is 17.3. The minimum Gasteiger partial charge on any atom is -0.491 e. The van der Waals surface area contributed by atoms with Gasteiger partial charge in [-0.3, -0.25) is 9.53 Å². The molecule has 0 aliphatic carbocycles. The van der Waals surface area contributed by atoms with Crippen LogP contribution in [0.1, 0.15) is 16.9 Å². The zero-order valence-corrected chi connectivity index (χ0v) is 17.3. The minimum atomic E-state index is -4.97. The number of nitrogens with one attached hydrogen (secondary N) is 1. The van der Waals surface area contributed by atoms with Gasteiger partial charge in [-0.25, -0.2) is 14.2 Å². The van der Waals surface area contributed by atoms with Gasteiger partial charge in [0.25, 0.3) is 0 Å². The zero-order chi connectivity index (χ0) is 24.3. The Morgan fingerprint density at radius 1 is 1.18 bits per heavy atom. The molecule has 0 spiro atoms. The number of carbonyl (C=O) groups excluding carboxylic acids is 2. The van der Waals surface area contributed by atoms with Crippen molar-refractivity contribution in [3.05, 3.63) is 47.8 Å². The van der Waals surface area contributed by atoms with Crippen LogP contribution in [0.4, 0.5) is 33.3 Å². The molecule has 1 aromatic heterocycles. The Bertz CT molecular complexity index is 1050. The Morgan fingerprint density at radius 2 is 1.91 bits per heavy atom. The highest BCUT2D eigenvalue weighted by atomic mass is 19.4. The fraction of sp³-hybridized carbons (Fsp3) is 0.350. The number of rotatable bonds is 6. The monoisotopic (exact) mass is 475 g/mol. The number of anilines is 2. The number of carbonyl (C=O) groups is 2. The molecule has 178 valence electrons. The van der Waals surface area contributed by atoms with Crippen LogP contribution in [0.3, 0.4) is 0 Å². The van der Waals surface area contributed by atoms with Gasteiger partial charge in [0.05, 0.1) is 26.0 Å². The third-order valence-corrected chi connectivity index (χ3v) is 4.83. The van der Waals surface area contributed by atoms with E-state index in [4.69, 9.17) is 4.74 Å². The van der Waals surface area contributed by atoms with E-state index in [-0.39, 0.29) is 17.1 Å². The lowest BCUT2D eigenvalue weighted by atomic mass is 10.1. The number of benzene rings is 1. The molecule has 1 fully saturated rings. The number of hydrogen-bond donors (Lipinski definition) is 1. The number of amides is 1. The van der Waals surface area contributed by atoms with Crippen LogP contribution in [0, 0.1) is 11.6 Å². The van der Waals surface area contributed by atoms with Gasteiger partial charge in [0, 0.05) is 24.8 Å². The van der Waals surface area contributed by atoms with Gasteiger partial charge in [0.1, 0.15) is 11.7 Å². The number of aromatic nitrogens is 1. The summed E-state index contributed by atoms with van der Waals surface area (Å²) in [6, 6.07) is 3.16. The number of esters is 1. The van der Waals surface area contributed by atoms with E-state index in [9.17, 15) is 31.5 Å². The number of halogens is 5. The van der Waals surface area contributed by atoms with Crippen LogP contribution < -0.4 is 15.0 Å². The van der Waals surface area contributed by atoms with Crippen LogP contribution in [-0.2, 0) is 14.3 Å². The van der Waals surface area contributed by atoms with Gasteiger partial charge in [0.2, 0.25) is 11.7 Å². The maximum atomic E-state index is 14.2. The number of pyridine rings is 1. The minimum absolute atomic E-state index is 0.112. The molecule has 2 aromatic rings. The lowest BCUT2D eigenvalue weighted by Gasteiger charge is -2.27. The molecule has 0 bridgehead atoms. The first-order chi connectivity index (χ1) is 15.5. The van der Waals surface area contributed by atoms with E-state index in [1.165, 1.54) is 18.3 Å². The standard InChI is InChI=1S/C20H18F5N3O5/c1-31-17-14(4-3-12(21)16(17)22)28-9-11(33-20(23,24)25)8-15(28)18(29)27-10-5-6-26-13(7-10)19(30)32-2/h3-7,11,15H,8-9H2,1-2H3,(H,26,27,29)/t11-,15+/m1/s1. The SMILES string of the molecule is COC(=O)c1cc(NC(=O)[C@@H]2C[C@@H](OC(F)(F)F)CN2c2ccc(F)c(F)c2OC)ccn1. The summed E-state index contributed by atoms with van der Waals surface area (Å²) in [5.41, 5.74) is -0.123. The quantitative estimate of drug-likeness (QED) is 0.507. The molecule has 33 heavy (non-hydrogen) atoms. The van der Waals surface area contributed by atoms with E-state index in [1.807, 2.05) is 0 Å². The van der Waals surface area contributed by atoms with Crippen molar-refractivity contribution < 1.29 is 45.8 Å². The second-order valence-electron chi connectivity index (χ2n) is 6.91. The van der Waals surface area contributed by atoms with Crippen molar-refractivity contribution in [1.82, 2.24) is 4.98 Å². The first-order valence-corrected chi connectivity index (χ1v) is 9.42. The Kier molecular flexibility index (Phi) is 7.01. The molecule has 2 heterocycles. The average molecular weight is 475 g/mol. The van der Waals surface area contributed by atoms with Crippen LogP contribution in [0.25, 0.3) is 0 Å². The fourth-order valence-electron chi connectivity index (χ4n) is 3.48. The van der Waals surface area contributed by atoms with Gasteiger partial charge >= 0.3 is 12.3 Å². The normalized spacial score (nSPS) is 18.2. The van der Waals surface area contributed by atoms with Crippen LogP contribution in [0.2, 0.25) is 0 Å². The third-order valence-electron chi connectivity index (χ3n) is 4.83. The molecule has 1 N–H and O–H groups in total. The van der Waals surface area contributed by atoms with Gasteiger partial charge in [-0.2, -0.15) is 4.39 Å². The molecule has 1 aliphatic heterocycles. The Hall–Kier alpha value is -3.48. The van der Waals surface area contributed by atoms with Crippen molar-refractivity contribution in [1.29, 1.82) is 0 Å². The highest BCUT2D eigenvalue weighted by Crippen LogP contribution is 2.38. The van der Waals surface area contributed by atoms with Crippen molar-refractivity contribution >= 4 is 23.3 Å². The van der Waals surface area contributed by atoms with E-state index in [0.29, 0.717) is 0 Å². The summed E-state index contributed by atoms with van der Waals surface area (Å²) in [4.78, 5) is 29.5. The highest BCUT2D eigenvalue weighted by molar-refractivity contribution is 5.98. The predicted octanol–water partition coefficient (Wildman–Crippen LogP) is 3.28. The molecule has 1 amide bonds. The molecule has 0 radical (unpaired) electrons. The fourth-order valence-corrected chi connectivity index (χ4v) is 3.48. The summed E-state index contributed by atoms with van der Waals surface area (Å²) in [5, 5.41) is 2.48. The molecule has 0 saturated carbocycles. The van der Waals surface area contributed by atoms with Crippen molar-refractivity contribution in [3.63, 3.8) is 0 Å². The van der Waals surface area contributed by atoms with Gasteiger partial charge < -0.3 is 19.7 Å². The van der Waals surface area contributed by atoms with Crippen LogP contribution in [-0.4, -0.2) is 56.1 Å². The van der Waals surface area contributed by atoms with Crippen molar-refractivity contribution in [3.8, 4) is 5.75 Å². The van der Waals surface area contributed by atoms with E-state index in [2.05, 4.69) is 19.8 Å². The van der Waals surface area contributed by atoms with Crippen LogP contribution in [0.5, 0.6) is 5.75 Å². The van der Waals surface area contributed by atoms with E-state index in [0.717, 1.165) is 31.3 Å². The van der Waals surface area contributed by atoms with Gasteiger partial charge in [-0.1, -0.05) is 0 Å². The number of methoxy groups -OCH3 is 2. The molecule has 8 nitrogen and oxygen atoms in total. The topological polar surface area (TPSA) is 90.0 Å². The first-order valence-electron chi connectivity index (χ1n) is 9.42. The van der Waals surface area contributed by atoms with Crippen molar-refractivity contribution in [2.75, 3.05) is 31.0 Å². The number of hydrogen-bond acceptors (Lipinski definition) is 7. The summed E-state index contributed by atoms with van der Waals surface area (Å²) in [6.45, 7) is -0.456. The smallest absolute Gasteiger partial charge is 0.491 e. The van der Waals surface area contributed by atoms with E-state index < -0.39 is 60.7 Å². The number of alkyl halides is 3. The summed E-state index contributed by atoms with van der Waals surface area (Å²) >= 11 is 0. The molecule has 3 rings (SSSR count). The number of nitrogens with zero attached hydrogens (tertiary/aromatic N) is 2. The lowest BCUT2D eigenvalue weighted by molar-refractivity contribution is -0.339. The van der Waals surface area contributed by atoms with Crippen molar-refractivity contribution in [2.45, 2.75) is 24.9 Å². The number of ether oxygens (including phenoxy) is 3. The van der Waals surface area contributed by atoms with E-state index >= 15 is 0 Å². The molecule has 13 heteroatoms. The molecule has 0 unspecified atom stereocenters.